The Morgan fingerprint density at radius 3 is 2.33 bits per heavy atom. The summed E-state index contributed by atoms with van der Waals surface area (Å²) >= 11 is 0.970. The van der Waals surface area contributed by atoms with Gasteiger partial charge in [-0.15, -0.1) is 35.3 Å². The van der Waals surface area contributed by atoms with Gasteiger partial charge in [-0.3, -0.25) is 9.89 Å². The van der Waals surface area contributed by atoms with Gasteiger partial charge >= 0.3 is 12.4 Å². The van der Waals surface area contributed by atoms with Crippen LogP contribution in [0, 0.1) is 5.92 Å². The van der Waals surface area contributed by atoms with Gasteiger partial charge in [0.2, 0.25) is 0 Å². The quantitative estimate of drug-likeness (QED) is 0.223. The highest BCUT2D eigenvalue weighted by atomic mass is 127. The maximum absolute atomic E-state index is 12.5. The molecule has 0 radical (unpaired) electrons. The monoisotopic (exact) mass is 573 g/mol. The highest BCUT2D eigenvalue weighted by molar-refractivity contribution is 14.0. The Bertz CT molecular complexity index is 656. The van der Waals surface area contributed by atoms with E-state index in [0.717, 1.165) is 36.0 Å². The van der Waals surface area contributed by atoms with Crippen molar-refractivity contribution >= 4 is 41.3 Å². The molecule has 0 bridgehead atoms. The first kappa shape index (κ1) is 27.2. The molecule has 1 aromatic rings. The summed E-state index contributed by atoms with van der Waals surface area (Å²) in [7, 11) is 1.59. The van der Waals surface area contributed by atoms with Crippen molar-refractivity contribution in [2.75, 3.05) is 39.8 Å². The van der Waals surface area contributed by atoms with Gasteiger partial charge in [-0.05, 0) is 38.3 Å². The molecule has 2 N–H and O–H groups in total. The van der Waals surface area contributed by atoms with Crippen molar-refractivity contribution in [3.63, 3.8) is 0 Å². The van der Waals surface area contributed by atoms with Crippen molar-refractivity contribution in [2.45, 2.75) is 38.0 Å². The summed E-state index contributed by atoms with van der Waals surface area (Å²) in [4.78, 5) is 9.08. The Kier molecular flexibility index (Phi) is 11.1. The van der Waals surface area contributed by atoms with Gasteiger partial charge < -0.3 is 10.6 Å². The van der Waals surface area contributed by atoms with Crippen LogP contribution in [0.1, 0.15) is 30.0 Å². The zero-order chi connectivity index (χ0) is 21.5. The molecule has 0 aromatic carbocycles. The third-order valence-electron chi connectivity index (χ3n) is 4.65. The Morgan fingerprint density at radius 2 is 1.80 bits per heavy atom. The zero-order valence-electron chi connectivity index (χ0n) is 16.4. The SMILES string of the molecule is CN=C(NCCc1nc(C(F)(F)F)cs1)NCCC1CCN(CC(F)(F)F)CC1.I. The molecule has 174 valence electrons. The van der Waals surface area contributed by atoms with Crippen LogP contribution in [0.2, 0.25) is 0 Å². The standard InChI is InChI=1S/C17H25F6N5S.HI/c1-24-15(26-7-3-14-27-13(10-29-14)17(21,22)23)25-6-2-12-4-8-28(9-5-12)11-16(18,19)20;/h10,12H,2-9,11H2,1H3,(H2,24,25,26);1H. The van der Waals surface area contributed by atoms with Gasteiger partial charge in [-0.2, -0.15) is 26.3 Å². The van der Waals surface area contributed by atoms with E-state index in [-0.39, 0.29) is 24.0 Å². The van der Waals surface area contributed by atoms with Crippen molar-refractivity contribution in [2.24, 2.45) is 10.9 Å². The molecule has 2 rings (SSSR count). The molecule has 5 nitrogen and oxygen atoms in total. The lowest BCUT2D eigenvalue weighted by Crippen LogP contribution is -2.42. The molecule has 30 heavy (non-hydrogen) atoms. The van der Waals surface area contributed by atoms with Gasteiger partial charge in [0.1, 0.15) is 0 Å². The second kappa shape index (κ2) is 12.3. The first-order chi connectivity index (χ1) is 13.6. The highest BCUT2D eigenvalue weighted by Crippen LogP contribution is 2.30. The molecule has 0 unspecified atom stereocenters. The molecule has 0 spiro atoms. The molecule has 0 atom stereocenters. The van der Waals surface area contributed by atoms with Crippen molar-refractivity contribution in [3.05, 3.63) is 16.1 Å². The number of aliphatic imine (C=N–C) groups is 1. The first-order valence-electron chi connectivity index (χ1n) is 9.32. The molecule has 0 saturated carbocycles. The van der Waals surface area contributed by atoms with Gasteiger partial charge in [-0.25, -0.2) is 4.98 Å². The number of alkyl halides is 6. The van der Waals surface area contributed by atoms with E-state index in [4.69, 9.17) is 0 Å². The lowest BCUT2D eigenvalue weighted by Gasteiger charge is -2.32. The van der Waals surface area contributed by atoms with Crippen LogP contribution in [0.3, 0.4) is 0 Å². The van der Waals surface area contributed by atoms with E-state index < -0.39 is 24.6 Å². The number of hydrogen-bond donors (Lipinski definition) is 2. The summed E-state index contributed by atoms with van der Waals surface area (Å²) in [5.41, 5.74) is -0.874. The van der Waals surface area contributed by atoms with Gasteiger partial charge in [-0.1, -0.05) is 0 Å². The van der Waals surface area contributed by atoms with Gasteiger partial charge in [0.15, 0.2) is 11.7 Å². The van der Waals surface area contributed by atoms with E-state index in [1.807, 2.05) is 0 Å². The Morgan fingerprint density at radius 1 is 1.17 bits per heavy atom. The minimum absolute atomic E-state index is 0. The lowest BCUT2D eigenvalue weighted by atomic mass is 9.93. The van der Waals surface area contributed by atoms with Crippen molar-refractivity contribution in [1.82, 2.24) is 20.5 Å². The van der Waals surface area contributed by atoms with E-state index in [9.17, 15) is 26.3 Å². The number of hydrogen-bond acceptors (Lipinski definition) is 4. The minimum Gasteiger partial charge on any atom is -0.356 e. The first-order valence-corrected chi connectivity index (χ1v) is 10.2. The average molecular weight is 573 g/mol. The number of likely N-dealkylation sites (tertiary alicyclic amines) is 1. The van der Waals surface area contributed by atoms with Crippen molar-refractivity contribution in [1.29, 1.82) is 0 Å². The molecule has 1 fully saturated rings. The number of halogens is 7. The predicted molar refractivity (Wildman–Crippen MR) is 115 cm³/mol. The van der Waals surface area contributed by atoms with Crippen LogP contribution in [0.4, 0.5) is 26.3 Å². The fraction of sp³-hybridized carbons (Fsp3) is 0.765. The van der Waals surface area contributed by atoms with Crippen LogP contribution in [0.5, 0.6) is 0 Å². The zero-order valence-corrected chi connectivity index (χ0v) is 19.6. The number of rotatable bonds is 7. The highest BCUT2D eigenvalue weighted by Gasteiger charge is 2.34. The third-order valence-corrected chi connectivity index (χ3v) is 5.56. The molecular weight excluding hydrogens is 547 g/mol. The molecule has 1 aliphatic rings. The fourth-order valence-corrected chi connectivity index (χ4v) is 3.95. The number of nitrogens with zero attached hydrogens (tertiary/aromatic N) is 3. The number of piperidine rings is 1. The van der Waals surface area contributed by atoms with E-state index in [1.54, 1.807) is 7.05 Å². The summed E-state index contributed by atoms with van der Waals surface area (Å²) in [5.74, 6) is 0.897. The molecule has 1 aliphatic heterocycles. The molecule has 1 aromatic heterocycles. The van der Waals surface area contributed by atoms with Crippen LogP contribution in [0.25, 0.3) is 0 Å². The van der Waals surface area contributed by atoms with Crippen molar-refractivity contribution < 1.29 is 26.3 Å². The normalized spacial score (nSPS) is 17.0. The van der Waals surface area contributed by atoms with E-state index in [0.29, 0.717) is 49.5 Å². The second-order valence-corrected chi connectivity index (χ2v) is 7.87. The van der Waals surface area contributed by atoms with E-state index in [2.05, 4.69) is 20.6 Å². The Balaban J connectivity index is 0.00000450. The van der Waals surface area contributed by atoms with Crippen LogP contribution in [0.15, 0.2) is 10.4 Å². The summed E-state index contributed by atoms with van der Waals surface area (Å²) in [6.45, 7) is 1.06. The molecule has 1 saturated heterocycles. The smallest absolute Gasteiger partial charge is 0.356 e. The second-order valence-electron chi connectivity index (χ2n) is 6.92. The molecule has 0 amide bonds. The number of aromatic nitrogens is 1. The van der Waals surface area contributed by atoms with Crippen LogP contribution < -0.4 is 10.6 Å². The Labute approximate surface area is 192 Å². The van der Waals surface area contributed by atoms with Gasteiger partial charge in [0, 0.05) is 31.9 Å². The maximum Gasteiger partial charge on any atom is 0.434 e. The summed E-state index contributed by atoms with van der Waals surface area (Å²) < 4.78 is 74.8. The summed E-state index contributed by atoms with van der Waals surface area (Å²) in [5, 5.41) is 7.55. The molecular formula is C17H26F6IN5S. The largest absolute Gasteiger partial charge is 0.434 e. The van der Waals surface area contributed by atoms with Crippen LogP contribution >= 0.6 is 35.3 Å². The predicted octanol–water partition coefficient (Wildman–Crippen LogP) is 4.15. The molecule has 0 aliphatic carbocycles. The summed E-state index contributed by atoms with van der Waals surface area (Å²) in [6.07, 6.45) is -5.95. The van der Waals surface area contributed by atoms with E-state index in [1.165, 1.54) is 4.90 Å². The number of thiazole rings is 1. The van der Waals surface area contributed by atoms with Crippen LogP contribution in [-0.2, 0) is 12.6 Å². The van der Waals surface area contributed by atoms with Gasteiger partial charge in [0.25, 0.3) is 0 Å². The average Bonchev–Trinajstić information content (AvgIpc) is 3.10. The summed E-state index contributed by atoms with van der Waals surface area (Å²) in [6, 6.07) is 0. The number of nitrogens with one attached hydrogen (secondary N) is 2. The Hall–Kier alpha value is -0.830. The lowest BCUT2D eigenvalue weighted by molar-refractivity contribution is -0.148. The maximum atomic E-state index is 12.5. The fourth-order valence-electron chi connectivity index (χ4n) is 3.15. The van der Waals surface area contributed by atoms with E-state index >= 15 is 0 Å². The molecule has 2 heterocycles. The van der Waals surface area contributed by atoms with Crippen LogP contribution in [-0.4, -0.2) is 61.8 Å². The third kappa shape index (κ3) is 9.98. The topological polar surface area (TPSA) is 52.6 Å². The van der Waals surface area contributed by atoms with Gasteiger partial charge in [0.05, 0.1) is 11.6 Å². The van der Waals surface area contributed by atoms with Crippen molar-refractivity contribution in [3.8, 4) is 0 Å². The molecule has 13 heteroatoms. The number of guanidine groups is 1. The minimum atomic E-state index is -4.43.